The van der Waals surface area contributed by atoms with E-state index in [-0.39, 0.29) is 11.8 Å². The number of epoxide rings is 1. The molecule has 0 bridgehead atoms. The Kier molecular flexibility index (Phi) is 6.19. The van der Waals surface area contributed by atoms with Gasteiger partial charge in [0.05, 0.1) is 19.8 Å². The molecule has 5 heteroatoms. The average molecular weight is 310 g/mol. The molecule has 1 aliphatic heterocycles. The largest absolute Gasteiger partial charge is 0.494 e. The Hall–Kier alpha value is -1.62. The summed E-state index contributed by atoms with van der Waals surface area (Å²) in [6, 6.07) is 6.03. The number of hydrogen-bond donors (Lipinski definition) is 0. The van der Waals surface area contributed by atoms with E-state index in [0.29, 0.717) is 25.6 Å². The predicted octanol–water partition coefficient (Wildman–Crippen LogP) is 3.49. The minimum Gasteiger partial charge on any atom is -0.494 e. The number of ether oxygens (including phenoxy) is 3. The summed E-state index contributed by atoms with van der Waals surface area (Å²) < 4.78 is 28.5. The number of benzene rings is 1. The lowest BCUT2D eigenvalue weighted by atomic mass is 10.0. The molecule has 1 heterocycles. The van der Waals surface area contributed by atoms with Gasteiger partial charge >= 0.3 is 5.97 Å². The van der Waals surface area contributed by atoms with Crippen molar-refractivity contribution in [2.75, 3.05) is 19.8 Å². The Labute approximate surface area is 130 Å². The van der Waals surface area contributed by atoms with Crippen LogP contribution in [0, 0.1) is 5.82 Å². The smallest absolute Gasteiger partial charge is 0.340 e. The molecule has 0 aliphatic carbocycles. The fourth-order valence-corrected chi connectivity index (χ4v) is 2.30. The van der Waals surface area contributed by atoms with Crippen LogP contribution in [0.3, 0.4) is 0 Å². The van der Waals surface area contributed by atoms with Gasteiger partial charge in [0.2, 0.25) is 0 Å². The number of unbranched alkanes of at least 4 members (excludes halogenated alkanes) is 3. The highest BCUT2D eigenvalue weighted by atomic mass is 19.1. The molecule has 1 aliphatic rings. The topological polar surface area (TPSA) is 48.1 Å². The molecule has 0 N–H and O–H groups in total. The highest BCUT2D eigenvalue weighted by molar-refractivity contribution is 5.82. The van der Waals surface area contributed by atoms with Crippen LogP contribution in [0.5, 0.6) is 5.75 Å². The van der Waals surface area contributed by atoms with Crippen molar-refractivity contribution in [3.05, 3.63) is 30.1 Å². The molecule has 122 valence electrons. The van der Waals surface area contributed by atoms with Crippen molar-refractivity contribution in [1.82, 2.24) is 0 Å². The summed E-state index contributed by atoms with van der Waals surface area (Å²) in [7, 11) is 0. The molecular weight excluding hydrogens is 287 g/mol. The standard InChI is InChI=1S/C17H23FO4/c1-2-20-16(19)17(13-22-17)11-5-3-4-6-12-21-15-9-7-14(18)8-10-15/h7-10H,2-6,11-13H2,1H3. The van der Waals surface area contributed by atoms with Gasteiger partial charge in [-0.1, -0.05) is 12.8 Å². The molecule has 1 aromatic rings. The summed E-state index contributed by atoms with van der Waals surface area (Å²) in [5.74, 6) is 0.203. The molecule has 1 atom stereocenters. The second kappa shape index (κ2) is 8.13. The maximum atomic E-state index is 12.7. The first-order chi connectivity index (χ1) is 10.7. The van der Waals surface area contributed by atoms with Crippen molar-refractivity contribution >= 4 is 5.97 Å². The SMILES string of the molecule is CCOC(=O)C1(CCCCCCOc2ccc(F)cc2)CO1. The Balaban J connectivity index is 1.51. The highest BCUT2D eigenvalue weighted by Gasteiger charge is 2.52. The second-order valence-corrected chi connectivity index (χ2v) is 5.47. The number of hydrogen-bond acceptors (Lipinski definition) is 4. The van der Waals surface area contributed by atoms with Gasteiger partial charge in [0, 0.05) is 0 Å². The van der Waals surface area contributed by atoms with Crippen LogP contribution < -0.4 is 4.74 Å². The fraction of sp³-hybridized carbons (Fsp3) is 0.588. The van der Waals surface area contributed by atoms with Gasteiger partial charge < -0.3 is 14.2 Å². The molecule has 1 aromatic carbocycles. The summed E-state index contributed by atoms with van der Waals surface area (Å²) in [5.41, 5.74) is -0.652. The molecule has 1 saturated heterocycles. The number of carbonyl (C=O) groups excluding carboxylic acids is 1. The van der Waals surface area contributed by atoms with Crippen molar-refractivity contribution in [3.63, 3.8) is 0 Å². The minimum atomic E-state index is -0.652. The molecule has 22 heavy (non-hydrogen) atoms. The van der Waals surface area contributed by atoms with Crippen LogP contribution >= 0.6 is 0 Å². The second-order valence-electron chi connectivity index (χ2n) is 5.47. The van der Waals surface area contributed by atoms with E-state index in [1.165, 1.54) is 12.1 Å². The Bertz CT molecular complexity index is 468. The monoisotopic (exact) mass is 310 g/mol. The Morgan fingerprint density at radius 1 is 1.23 bits per heavy atom. The van der Waals surface area contributed by atoms with Gasteiger partial charge in [0.1, 0.15) is 11.6 Å². The third-order valence-corrected chi connectivity index (χ3v) is 3.70. The molecule has 0 spiro atoms. The van der Waals surface area contributed by atoms with Gasteiger partial charge in [-0.15, -0.1) is 0 Å². The zero-order valence-electron chi connectivity index (χ0n) is 13.0. The first kappa shape index (κ1) is 16.7. The number of halogens is 1. The average Bonchev–Trinajstić information content (AvgIpc) is 3.30. The maximum absolute atomic E-state index is 12.7. The van der Waals surface area contributed by atoms with Crippen LogP contribution in [0.4, 0.5) is 4.39 Å². The van der Waals surface area contributed by atoms with Gasteiger partial charge in [-0.25, -0.2) is 9.18 Å². The third kappa shape index (κ3) is 4.98. The van der Waals surface area contributed by atoms with Gasteiger partial charge in [-0.2, -0.15) is 0 Å². The highest BCUT2D eigenvalue weighted by Crippen LogP contribution is 2.34. The van der Waals surface area contributed by atoms with Crippen molar-refractivity contribution in [2.24, 2.45) is 0 Å². The molecule has 1 fully saturated rings. The first-order valence-corrected chi connectivity index (χ1v) is 7.86. The summed E-state index contributed by atoms with van der Waals surface area (Å²) in [6.45, 7) is 3.30. The van der Waals surface area contributed by atoms with Crippen LogP contribution in [0.1, 0.15) is 39.0 Å². The molecule has 0 amide bonds. The molecule has 2 rings (SSSR count). The summed E-state index contributed by atoms with van der Waals surface area (Å²) in [6.07, 6.45) is 4.65. The zero-order chi connectivity index (χ0) is 15.8. The molecule has 0 radical (unpaired) electrons. The van der Waals surface area contributed by atoms with E-state index in [1.54, 1.807) is 19.1 Å². The van der Waals surface area contributed by atoms with Crippen molar-refractivity contribution in [1.29, 1.82) is 0 Å². The minimum absolute atomic E-state index is 0.227. The first-order valence-electron chi connectivity index (χ1n) is 7.86. The molecule has 0 aromatic heterocycles. The van der Waals surface area contributed by atoms with Crippen LogP contribution in [0.15, 0.2) is 24.3 Å². The van der Waals surface area contributed by atoms with E-state index in [0.717, 1.165) is 32.1 Å². The molecule has 1 unspecified atom stereocenters. The van der Waals surface area contributed by atoms with E-state index >= 15 is 0 Å². The molecule has 0 saturated carbocycles. The predicted molar refractivity (Wildman–Crippen MR) is 80.3 cm³/mol. The van der Waals surface area contributed by atoms with E-state index < -0.39 is 5.60 Å². The normalized spacial score (nSPS) is 19.7. The van der Waals surface area contributed by atoms with Crippen LogP contribution in [-0.2, 0) is 14.3 Å². The maximum Gasteiger partial charge on any atom is 0.340 e. The summed E-state index contributed by atoms with van der Waals surface area (Å²) >= 11 is 0. The van der Waals surface area contributed by atoms with Gasteiger partial charge in [-0.05, 0) is 50.5 Å². The lowest BCUT2D eigenvalue weighted by Gasteiger charge is -2.10. The van der Waals surface area contributed by atoms with E-state index in [4.69, 9.17) is 14.2 Å². The fourth-order valence-electron chi connectivity index (χ4n) is 2.30. The number of esters is 1. The van der Waals surface area contributed by atoms with Crippen LogP contribution in [0.25, 0.3) is 0 Å². The Morgan fingerprint density at radius 3 is 2.55 bits per heavy atom. The lowest BCUT2D eigenvalue weighted by Crippen LogP contribution is -2.27. The van der Waals surface area contributed by atoms with Gasteiger partial charge in [0.25, 0.3) is 0 Å². The van der Waals surface area contributed by atoms with Crippen LogP contribution in [0.2, 0.25) is 0 Å². The van der Waals surface area contributed by atoms with E-state index in [1.807, 2.05) is 0 Å². The zero-order valence-corrected chi connectivity index (χ0v) is 13.0. The lowest BCUT2D eigenvalue weighted by molar-refractivity contribution is -0.149. The van der Waals surface area contributed by atoms with E-state index in [2.05, 4.69) is 0 Å². The van der Waals surface area contributed by atoms with Gasteiger partial charge in [-0.3, -0.25) is 0 Å². The summed E-state index contributed by atoms with van der Waals surface area (Å²) in [5, 5.41) is 0. The third-order valence-electron chi connectivity index (χ3n) is 3.70. The molecule has 4 nitrogen and oxygen atoms in total. The number of rotatable bonds is 10. The summed E-state index contributed by atoms with van der Waals surface area (Å²) in [4.78, 5) is 11.7. The molecular formula is C17H23FO4. The van der Waals surface area contributed by atoms with Gasteiger partial charge in [0.15, 0.2) is 5.60 Å². The van der Waals surface area contributed by atoms with Crippen LogP contribution in [-0.4, -0.2) is 31.4 Å². The van der Waals surface area contributed by atoms with E-state index in [9.17, 15) is 9.18 Å². The van der Waals surface area contributed by atoms with Crippen molar-refractivity contribution in [3.8, 4) is 5.75 Å². The Morgan fingerprint density at radius 2 is 1.91 bits per heavy atom. The van der Waals surface area contributed by atoms with Crippen molar-refractivity contribution < 1.29 is 23.4 Å². The van der Waals surface area contributed by atoms with Crippen molar-refractivity contribution in [2.45, 2.75) is 44.6 Å². The quantitative estimate of drug-likeness (QED) is 0.377. The number of carbonyl (C=O) groups is 1.